The molecule has 0 radical (unpaired) electrons. The number of allylic oxidation sites excluding steroid dienone is 1. The highest BCUT2D eigenvalue weighted by Crippen LogP contribution is 2.45. The summed E-state index contributed by atoms with van der Waals surface area (Å²) < 4.78 is 20.9. The van der Waals surface area contributed by atoms with Crippen molar-refractivity contribution >= 4 is 34.8 Å². The molecule has 0 aromatic heterocycles. The summed E-state index contributed by atoms with van der Waals surface area (Å²) in [5.41, 5.74) is 1.34. The van der Waals surface area contributed by atoms with Crippen LogP contribution in [0, 0.1) is 0 Å². The lowest BCUT2D eigenvalue weighted by Crippen LogP contribution is -2.41. The second-order valence-corrected chi connectivity index (χ2v) is 8.32. The molecule has 0 saturated carbocycles. The first-order valence-corrected chi connectivity index (χ1v) is 11.0. The SMILES string of the molecule is CC[C@@H]1SC2=NC(C)=C(C(=O)OCCOC)[C@H](c3ccc(OC(C)=O)c(OC)c3)N2C1=O. The third-order valence-electron chi connectivity index (χ3n) is 5.02. The summed E-state index contributed by atoms with van der Waals surface area (Å²) >= 11 is 1.38. The molecule has 0 bridgehead atoms. The van der Waals surface area contributed by atoms with Crippen molar-refractivity contribution in [3.63, 3.8) is 0 Å². The first-order valence-electron chi connectivity index (χ1n) is 10.1. The van der Waals surface area contributed by atoms with Gasteiger partial charge in [-0.05, 0) is 31.0 Å². The van der Waals surface area contributed by atoms with Gasteiger partial charge < -0.3 is 18.9 Å². The van der Waals surface area contributed by atoms with Gasteiger partial charge in [-0.2, -0.15) is 0 Å². The third-order valence-corrected chi connectivity index (χ3v) is 6.34. The Kier molecular flexibility index (Phi) is 7.57. The van der Waals surface area contributed by atoms with E-state index in [4.69, 9.17) is 18.9 Å². The number of rotatable bonds is 8. The van der Waals surface area contributed by atoms with E-state index >= 15 is 0 Å². The van der Waals surface area contributed by atoms with Gasteiger partial charge in [0.05, 0.1) is 36.3 Å². The standard InChI is InChI=1S/C22H26N2O7S/c1-6-17-20(26)24-19(14-7-8-15(31-13(3)25)16(11-14)29-5)18(12(2)23-22(24)32-17)21(27)30-10-9-28-4/h7-8,11,17,19H,6,9-10H2,1-5H3/t17-,19-/m0/s1. The first-order chi connectivity index (χ1) is 15.3. The van der Waals surface area contributed by atoms with E-state index in [0.29, 0.717) is 28.6 Å². The fourth-order valence-corrected chi connectivity index (χ4v) is 4.69. The van der Waals surface area contributed by atoms with Crippen LogP contribution >= 0.6 is 11.8 Å². The molecule has 1 fully saturated rings. The van der Waals surface area contributed by atoms with Crippen LogP contribution < -0.4 is 9.47 Å². The molecule has 9 nitrogen and oxygen atoms in total. The minimum atomic E-state index is -0.755. The quantitative estimate of drug-likeness (QED) is 0.330. The van der Waals surface area contributed by atoms with Crippen molar-refractivity contribution in [2.24, 2.45) is 4.99 Å². The number of nitrogens with zero attached hydrogens (tertiary/aromatic N) is 2. The average Bonchev–Trinajstić information content (AvgIpc) is 3.07. The van der Waals surface area contributed by atoms with Crippen molar-refractivity contribution in [3.05, 3.63) is 35.0 Å². The van der Waals surface area contributed by atoms with Gasteiger partial charge in [-0.25, -0.2) is 9.79 Å². The fraction of sp³-hybridized carbons (Fsp3) is 0.455. The Bertz CT molecular complexity index is 988. The van der Waals surface area contributed by atoms with Crippen LogP contribution in [0.25, 0.3) is 0 Å². The molecule has 0 unspecified atom stereocenters. The molecule has 0 aliphatic carbocycles. The number of carbonyl (C=O) groups excluding carboxylic acids is 3. The van der Waals surface area contributed by atoms with Gasteiger partial charge >= 0.3 is 11.9 Å². The topological polar surface area (TPSA) is 104 Å². The van der Waals surface area contributed by atoms with E-state index in [1.165, 1.54) is 32.9 Å². The van der Waals surface area contributed by atoms with Crippen molar-refractivity contribution in [3.8, 4) is 11.5 Å². The summed E-state index contributed by atoms with van der Waals surface area (Å²) in [5, 5.41) is 0.260. The molecular formula is C22H26N2O7S. The zero-order chi connectivity index (χ0) is 23.4. The van der Waals surface area contributed by atoms with Gasteiger partial charge in [0, 0.05) is 14.0 Å². The number of carbonyl (C=O) groups is 3. The number of esters is 2. The highest BCUT2D eigenvalue weighted by molar-refractivity contribution is 8.15. The minimum Gasteiger partial charge on any atom is -0.493 e. The Morgan fingerprint density at radius 2 is 1.94 bits per heavy atom. The van der Waals surface area contributed by atoms with Crippen LogP contribution in [0.4, 0.5) is 0 Å². The van der Waals surface area contributed by atoms with Gasteiger partial charge in [-0.3, -0.25) is 14.5 Å². The molecule has 0 N–H and O–H groups in total. The predicted octanol–water partition coefficient (Wildman–Crippen LogP) is 2.85. The Hall–Kier alpha value is -2.85. The summed E-state index contributed by atoms with van der Waals surface area (Å²) in [5.74, 6) is -0.643. The average molecular weight is 463 g/mol. The number of amidine groups is 1. The van der Waals surface area contributed by atoms with Gasteiger partial charge in [-0.15, -0.1) is 0 Å². The molecule has 10 heteroatoms. The summed E-state index contributed by atoms with van der Waals surface area (Å²) in [6, 6.07) is 4.17. The zero-order valence-electron chi connectivity index (χ0n) is 18.7. The van der Waals surface area contributed by atoms with Crippen LogP contribution in [-0.4, -0.2) is 60.6 Å². The molecule has 2 atom stereocenters. The number of fused-ring (bicyclic) bond motifs is 1. The molecule has 1 saturated heterocycles. The van der Waals surface area contributed by atoms with E-state index < -0.39 is 18.0 Å². The van der Waals surface area contributed by atoms with E-state index in [0.717, 1.165) is 0 Å². The highest BCUT2D eigenvalue weighted by atomic mass is 32.2. The minimum absolute atomic E-state index is 0.0738. The van der Waals surface area contributed by atoms with Gasteiger partial charge in [-0.1, -0.05) is 24.8 Å². The predicted molar refractivity (Wildman–Crippen MR) is 119 cm³/mol. The van der Waals surface area contributed by atoms with E-state index in [1.807, 2.05) is 6.92 Å². The highest BCUT2D eigenvalue weighted by Gasteiger charge is 2.47. The lowest BCUT2D eigenvalue weighted by atomic mass is 9.94. The van der Waals surface area contributed by atoms with Crippen molar-refractivity contribution in [1.82, 2.24) is 4.90 Å². The molecule has 1 aromatic carbocycles. The fourth-order valence-electron chi connectivity index (χ4n) is 3.55. The van der Waals surface area contributed by atoms with E-state index in [1.54, 1.807) is 30.0 Å². The normalized spacial score (nSPS) is 20.1. The molecule has 32 heavy (non-hydrogen) atoms. The molecule has 2 heterocycles. The van der Waals surface area contributed by atoms with Crippen molar-refractivity contribution < 1.29 is 33.3 Å². The molecular weight excluding hydrogens is 436 g/mol. The van der Waals surface area contributed by atoms with Gasteiger partial charge in [0.1, 0.15) is 6.61 Å². The van der Waals surface area contributed by atoms with E-state index in [9.17, 15) is 14.4 Å². The van der Waals surface area contributed by atoms with Crippen LogP contribution in [0.1, 0.15) is 38.8 Å². The number of amides is 1. The lowest BCUT2D eigenvalue weighted by Gasteiger charge is -2.33. The number of hydrogen-bond acceptors (Lipinski definition) is 9. The second-order valence-electron chi connectivity index (χ2n) is 7.15. The largest absolute Gasteiger partial charge is 0.493 e. The maximum atomic E-state index is 13.2. The van der Waals surface area contributed by atoms with Crippen LogP contribution in [0.15, 0.2) is 34.5 Å². The Morgan fingerprint density at radius 3 is 2.56 bits per heavy atom. The number of ether oxygens (including phenoxy) is 4. The molecule has 1 aromatic rings. The second kappa shape index (κ2) is 10.2. The summed E-state index contributed by atoms with van der Waals surface area (Å²) in [6.07, 6.45) is 0.632. The number of aliphatic imine (C=N–C) groups is 1. The van der Waals surface area contributed by atoms with Crippen LogP contribution in [0.3, 0.4) is 0 Å². The Labute approximate surface area is 190 Å². The zero-order valence-corrected chi connectivity index (χ0v) is 19.5. The van der Waals surface area contributed by atoms with Gasteiger partial charge in [0.15, 0.2) is 16.7 Å². The van der Waals surface area contributed by atoms with Gasteiger partial charge in [0.25, 0.3) is 0 Å². The van der Waals surface area contributed by atoms with Crippen molar-refractivity contribution in [2.75, 3.05) is 27.4 Å². The number of hydrogen-bond donors (Lipinski definition) is 0. The number of benzene rings is 1. The first kappa shape index (κ1) is 23.8. The number of methoxy groups -OCH3 is 2. The molecule has 0 spiro atoms. The van der Waals surface area contributed by atoms with Crippen LogP contribution in [0.2, 0.25) is 0 Å². The lowest BCUT2D eigenvalue weighted by molar-refractivity contribution is -0.141. The summed E-state index contributed by atoms with van der Waals surface area (Å²) in [6.45, 7) is 5.27. The van der Waals surface area contributed by atoms with Crippen molar-refractivity contribution in [2.45, 2.75) is 38.5 Å². The van der Waals surface area contributed by atoms with Gasteiger partial charge in [0.2, 0.25) is 5.91 Å². The monoisotopic (exact) mass is 462 g/mol. The molecule has 2 aliphatic heterocycles. The maximum absolute atomic E-state index is 13.2. The molecule has 172 valence electrons. The smallest absolute Gasteiger partial charge is 0.338 e. The molecule has 2 aliphatic rings. The Morgan fingerprint density at radius 1 is 1.19 bits per heavy atom. The van der Waals surface area contributed by atoms with Crippen LogP contribution in [0.5, 0.6) is 11.5 Å². The van der Waals surface area contributed by atoms with E-state index in [2.05, 4.69) is 4.99 Å². The Balaban J connectivity index is 2.09. The number of thioether (sulfide) groups is 1. The summed E-state index contributed by atoms with van der Waals surface area (Å²) in [7, 11) is 2.96. The maximum Gasteiger partial charge on any atom is 0.338 e. The van der Waals surface area contributed by atoms with Crippen molar-refractivity contribution in [1.29, 1.82) is 0 Å². The third kappa shape index (κ3) is 4.66. The molecule has 1 amide bonds. The molecule has 3 rings (SSSR count). The van der Waals surface area contributed by atoms with E-state index in [-0.39, 0.29) is 35.7 Å². The van der Waals surface area contributed by atoms with Crippen LogP contribution in [-0.2, 0) is 23.9 Å². The summed E-state index contributed by atoms with van der Waals surface area (Å²) in [4.78, 5) is 43.7.